The maximum atomic E-state index is 11.9. The highest BCUT2D eigenvalue weighted by Crippen LogP contribution is 2.17. The van der Waals surface area contributed by atoms with Crippen molar-refractivity contribution in [2.75, 3.05) is 14.1 Å². The zero-order valence-corrected chi connectivity index (χ0v) is 9.69. The Kier molecular flexibility index (Phi) is 2.66. The smallest absolute Gasteiger partial charge is 0.282 e. The number of aryl methyl sites for hydroxylation is 1. The van der Waals surface area contributed by atoms with Crippen molar-refractivity contribution in [2.24, 2.45) is 7.05 Å². The standard InChI is InChI=1S/C12H15N3O/c1-14(2)13-12(16)11-8-9-6-4-5-7-10(9)15(11)3/h4-8H,1-3H3,(H,13,16). The predicted molar refractivity (Wildman–Crippen MR) is 64.1 cm³/mol. The van der Waals surface area contributed by atoms with Crippen molar-refractivity contribution < 1.29 is 4.79 Å². The molecule has 0 saturated carbocycles. The number of hydrogen-bond donors (Lipinski definition) is 1. The Morgan fingerprint density at radius 3 is 2.62 bits per heavy atom. The molecule has 2 rings (SSSR count). The first kappa shape index (κ1) is 10.7. The van der Waals surface area contributed by atoms with Crippen LogP contribution in [-0.4, -0.2) is 29.6 Å². The van der Waals surface area contributed by atoms with Gasteiger partial charge >= 0.3 is 0 Å². The molecule has 4 heteroatoms. The molecule has 0 aliphatic rings. The monoisotopic (exact) mass is 217 g/mol. The highest BCUT2D eigenvalue weighted by Gasteiger charge is 2.12. The van der Waals surface area contributed by atoms with Gasteiger partial charge in [-0.1, -0.05) is 18.2 Å². The third-order valence-electron chi connectivity index (χ3n) is 2.51. The molecule has 0 spiro atoms. The van der Waals surface area contributed by atoms with Crippen LogP contribution in [0.3, 0.4) is 0 Å². The van der Waals surface area contributed by atoms with Crippen molar-refractivity contribution in [1.82, 2.24) is 15.0 Å². The van der Waals surface area contributed by atoms with Crippen LogP contribution >= 0.6 is 0 Å². The Bertz CT molecular complexity index is 528. The lowest BCUT2D eigenvalue weighted by Crippen LogP contribution is -2.36. The normalized spacial score (nSPS) is 11.0. The summed E-state index contributed by atoms with van der Waals surface area (Å²) in [5.74, 6) is -0.0938. The first-order chi connectivity index (χ1) is 7.59. The van der Waals surface area contributed by atoms with E-state index in [1.165, 1.54) is 0 Å². The van der Waals surface area contributed by atoms with Gasteiger partial charge < -0.3 is 4.57 Å². The molecule has 16 heavy (non-hydrogen) atoms. The maximum absolute atomic E-state index is 11.9. The maximum Gasteiger partial charge on any atom is 0.282 e. The Labute approximate surface area is 94.4 Å². The van der Waals surface area contributed by atoms with Crippen molar-refractivity contribution in [3.05, 3.63) is 36.0 Å². The summed E-state index contributed by atoms with van der Waals surface area (Å²) in [4.78, 5) is 11.9. The second kappa shape index (κ2) is 3.98. The molecule has 0 unspecified atom stereocenters. The number of carbonyl (C=O) groups is 1. The molecule has 1 amide bonds. The van der Waals surface area contributed by atoms with E-state index in [2.05, 4.69) is 5.43 Å². The van der Waals surface area contributed by atoms with Gasteiger partial charge in [0.2, 0.25) is 0 Å². The highest BCUT2D eigenvalue weighted by molar-refractivity contribution is 5.98. The van der Waals surface area contributed by atoms with Crippen molar-refractivity contribution in [3.8, 4) is 0 Å². The van der Waals surface area contributed by atoms with Gasteiger partial charge in [-0.2, -0.15) is 0 Å². The van der Waals surface area contributed by atoms with E-state index in [9.17, 15) is 4.79 Å². The van der Waals surface area contributed by atoms with Crippen molar-refractivity contribution in [3.63, 3.8) is 0 Å². The van der Waals surface area contributed by atoms with E-state index >= 15 is 0 Å². The van der Waals surface area contributed by atoms with E-state index < -0.39 is 0 Å². The van der Waals surface area contributed by atoms with Crippen LogP contribution in [0, 0.1) is 0 Å². The molecule has 0 fully saturated rings. The summed E-state index contributed by atoms with van der Waals surface area (Å²) in [6, 6.07) is 9.84. The van der Waals surface area contributed by atoms with Crippen molar-refractivity contribution >= 4 is 16.8 Å². The summed E-state index contributed by atoms with van der Waals surface area (Å²) in [7, 11) is 5.48. The van der Waals surface area contributed by atoms with Gasteiger partial charge in [-0.15, -0.1) is 0 Å². The number of rotatable bonds is 2. The number of para-hydroxylation sites is 1. The lowest BCUT2D eigenvalue weighted by atomic mass is 10.2. The van der Waals surface area contributed by atoms with E-state index in [1.54, 1.807) is 19.1 Å². The van der Waals surface area contributed by atoms with Crippen LogP contribution in [0.2, 0.25) is 0 Å². The lowest BCUT2D eigenvalue weighted by Gasteiger charge is -2.12. The third-order valence-corrected chi connectivity index (χ3v) is 2.51. The molecular formula is C12H15N3O. The van der Waals surface area contributed by atoms with Crippen LogP contribution in [-0.2, 0) is 7.05 Å². The van der Waals surface area contributed by atoms with Crippen LogP contribution < -0.4 is 5.43 Å². The lowest BCUT2D eigenvalue weighted by molar-refractivity contribution is 0.0848. The fraction of sp³-hybridized carbons (Fsp3) is 0.250. The van der Waals surface area contributed by atoms with Gasteiger partial charge in [0.15, 0.2) is 0 Å². The Balaban J connectivity index is 2.45. The van der Waals surface area contributed by atoms with Crippen LogP contribution in [0.4, 0.5) is 0 Å². The quantitative estimate of drug-likeness (QED) is 0.772. The summed E-state index contributed by atoms with van der Waals surface area (Å²) in [5.41, 5.74) is 4.46. The minimum Gasteiger partial charge on any atom is -0.340 e. The number of carbonyl (C=O) groups excluding carboxylic acids is 1. The van der Waals surface area contributed by atoms with E-state index in [-0.39, 0.29) is 5.91 Å². The second-order valence-corrected chi connectivity index (χ2v) is 3.98. The van der Waals surface area contributed by atoms with Gasteiger partial charge in [0.05, 0.1) is 0 Å². The van der Waals surface area contributed by atoms with Gasteiger partial charge in [0.25, 0.3) is 5.91 Å². The topological polar surface area (TPSA) is 37.3 Å². The number of nitrogens with one attached hydrogen (secondary N) is 1. The van der Waals surface area contributed by atoms with Gasteiger partial charge in [-0.25, -0.2) is 5.01 Å². The van der Waals surface area contributed by atoms with Crippen molar-refractivity contribution in [2.45, 2.75) is 0 Å². The van der Waals surface area contributed by atoms with Crippen LogP contribution in [0.25, 0.3) is 10.9 Å². The third kappa shape index (κ3) is 1.79. The summed E-state index contributed by atoms with van der Waals surface area (Å²) in [6.45, 7) is 0. The molecule has 0 atom stereocenters. The Hall–Kier alpha value is -1.81. The van der Waals surface area contributed by atoms with E-state index in [4.69, 9.17) is 0 Å². The zero-order chi connectivity index (χ0) is 11.7. The minimum absolute atomic E-state index is 0.0938. The number of fused-ring (bicyclic) bond motifs is 1. The van der Waals surface area contributed by atoms with E-state index in [0.717, 1.165) is 10.9 Å². The Morgan fingerprint density at radius 2 is 2.00 bits per heavy atom. The fourth-order valence-electron chi connectivity index (χ4n) is 1.77. The molecule has 1 heterocycles. The molecule has 0 bridgehead atoms. The molecule has 1 N–H and O–H groups in total. The van der Waals surface area contributed by atoms with Gasteiger partial charge in [-0.05, 0) is 12.1 Å². The summed E-state index contributed by atoms with van der Waals surface area (Å²) in [6.07, 6.45) is 0. The average molecular weight is 217 g/mol. The minimum atomic E-state index is -0.0938. The van der Waals surface area contributed by atoms with Crippen LogP contribution in [0.15, 0.2) is 30.3 Å². The van der Waals surface area contributed by atoms with Crippen LogP contribution in [0.5, 0.6) is 0 Å². The molecule has 0 radical (unpaired) electrons. The molecule has 1 aromatic heterocycles. The number of hydrazine groups is 1. The average Bonchev–Trinajstić information content (AvgIpc) is 2.56. The highest BCUT2D eigenvalue weighted by atomic mass is 16.2. The van der Waals surface area contributed by atoms with E-state index in [0.29, 0.717) is 5.69 Å². The van der Waals surface area contributed by atoms with Gasteiger partial charge in [-0.3, -0.25) is 10.2 Å². The number of amides is 1. The summed E-state index contributed by atoms with van der Waals surface area (Å²) < 4.78 is 1.90. The first-order valence-corrected chi connectivity index (χ1v) is 5.12. The molecule has 4 nitrogen and oxygen atoms in total. The Morgan fingerprint density at radius 1 is 1.31 bits per heavy atom. The zero-order valence-electron chi connectivity index (χ0n) is 9.69. The summed E-state index contributed by atoms with van der Waals surface area (Å²) in [5, 5.41) is 2.72. The molecule has 0 saturated heterocycles. The second-order valence-electron chi connectivity index (χ2n) is 3.98. The van der Waals surface area contributed by atoms with Gasteiger partial charge in [0, 0.05) is 32.0 Å². The van der Waals surface area contributed by atoms with Crippen LogP contribution in [0.1, 0.15) is 10.5 Å². The van der Waals surface area contributed by atoms with Crippen molar-refractivity contribution in [1.29, 1.82) is 0 Å². The number of nitrogens with zero attached hydrogens (tertiary/aromatic N) is 2. The molecular weight excluding hydrogens is 202 g/mol. The molecule has 0 aliphatic carbocycles. The largest absolute Gasteiger partial charge is 0.340 e. The van der Waals surface area contributed by atoms with Gasteiger partial charge in [0.1, 0.15) is 5.69 Å². The SMILES string of the molecule is CN(C)NC(=O)c1cc2ccccc2n1C. The number of benzene rings is 1. The summed E-state index contributed by atoms with van der Waals surface area (Å²) >= 11 is 0. The number of aromatic nitrogens is 1. The fourth-order valence-corrected chi connectivity index (χ4v) is 1.77. The molecule has 2 aromatic rings. The molecule has 1 aromatic carbocycles. The van der Waals surface area contributed by atoms with E-state index in [1.807, 2.05) is 41.9 Å². The molecule has 0 aliphatic heterocycles. The number of hydrogen-bond acceptors (Lipinski definition) is 2. The predicted octanol–water partition coefficient (Wildman–Crippen LogP) is 1.38. The first-order valence-electron chi connectivity index (χ1n) is 5.12. The molecule has 84 valence electrons.